The molecule has 0 spiro atoms. The summed E-state index contributed by atoms with van der Waals surface area (Å²) in [5.74, 6) is -0.721. The maximum atomic E-state index is 11.9. The fourth-order valence-electron chi connectivity index (χ4n) is 1.51. The number of urea groups is 1. The Balaban J connectivity index is 2.65. The highest BCUT2D eigenvalue weighted by molar-refractivity contribution is 9.10. The quantitative estimate of drug-likeness (QED) is 0.763. The number of halogens is 1. The van der Waals surface area contributed by atoms with Gasteiger partial charge in [-0.3, -0.25) is 0 Å². The molecule has 0 aromatic heterocycles. The summed E-state index contributed by atoms with van der Waals surface area (Å²) in [6.45, 7) is 8.97. The number of carbonyl (C=O) groups is 2. The molecule has 0 radical (unpaired) electrons. The zero-order valence-corrected chi connectivity index (χ0v) is 14.2. The normalized spacial score (nSPS) is 12.6. The number of carboxylic acids is 1. The summed E-state index contributed by atoms with van der Waals surface area (Å²) in [6.07, 6.45) is 0. The highest BCUT2D eigenvalue weighted by atomic mass is 79.9. The van der Waals surface area contributed by atoms with E-state index in [1.807, 2.05) is 0 Å². The van der Waals surface area contributed by atoms with E-state index in [0.717, 1.165) is 0 Å². The average molecular weight is 357 g/mol. The van der Waals surface area contributed by atoms with Gasteiger partial charge < -0.3 is 15.7 Å². The van der Waals surface area contributed by atoms with Crippen LogP contribution >= 0.6 is 15.9 Å². The number of nitrogens with one attached hydrogen (secondary N) is 2. The van der Waals surface area contributed by atoms with Crippen LogP contribution in [0.3, 0.4) is 0 Å². The second kappa shape index (κ2) is 6.93. The van der Waals surface area contributed by atoms with Crippen molar-refractivity contribution in [1.29, 1.82) is 0 Å². The van der Waals surface area contributed by atoms with Crippen molar-refractivity contribution >= 4 is 33.6 Å². The molecular formula is C15H21BrN2O3. The molecule has 0 heterocycles. The number of hydrogen-bond donors (Lipinski definition) is 3. The molecule has 1 rings (SSSR count). The minimum absolute atomic E-state index is 0.111. The molecule has 0 saturated heterocycles. The second-order valence-corrected chi connectivity index (χ2v) is 7.05. The molecule has 0 aliphatic carbocycles. The zero-order valence-electron chi connectivity index (χ0n) is 12.7. The van der Waals surface area contributed by atoms with Gasteiger partial charge in [-0.15, -0.1) is 0 Å². The van der Waals surface area contributed by atoms with Crippen molar-refractivity contribution in [2.24, 2.45) is 11.3 Å². The maximum absolute atomic E-state index is 11.9. The van der Waals surface area contributed by atoms with Crippen molar-refractivity contribution in [3.8, 4) is 0 Å². The van der Waals surface area contributed by atoms with Crippen molar-refractivity contribution in [2.75, 3.05) is 11.9 Å². The van der Waals surface area contributed by atoms with Gasteiger partial charge in [0.05, 0.1) is 5.56 Å². The minimum Gasteiger partial charge on any atom is -0.478 e. The third kappa shape index (κ3) is 5.75. The lowest BCUT2D eigenvalue weighted by molar-refractivity contribution is 0.0697. The predicted octanol–water partition coefficient (Wildman–Crippen LogP) is 3.95. The molecule has 0 fully saturated rings. The average Bonchev–Trinajstić information content (AvgIpc) is 2.33. The lowest BCUT2D eigenvalue weighted by Gasteiger charge is -2.27. The van der Waals surface area contributed by atoms with E-state index in [2.05, 4.69) is 54.3 Å². The fourth-order valence-corrected chi connectivity index (χ4v) is 2.01. The Morgan fingerprint density at radius 3 is 2.43 bits per heavy atom. The summed E-state index contributed by atoms with van der Waals surface area (Å²) in [5, 5.41) is 14.4. The predicted molar refractivity (Wildman–Crippen MR) is 86.7 cm³/mol. The van der Waals surface area contributed by atoms with Crippen LogP contribution in [0.4, 0.5) is 10.5 Å². The summed E-state index contributed by atoms with van der Waals surface area (Å²) in [4.78, 5) is 22.8. The molecule has 2 amide bonds. The molecule has 1 aromatic carbocycles. The molecule has 1 atom stereocenters. The Bertz CT molecular complexity index is 538. The fraction of sp³-hybridized carbons (Fsp3) is 0.467. The molecule has 5 nitrogen and oxygen atoms in total. The number of amides is 2. The largest absolute Gasteiger partial charge is 0.478 e. The van der Waals surface area contributed by atoms with E-state index in [-0.39, 0.29) is 17.0 Å². The minimum atomic E-state index is -1.04. The first-order valence-corrected chi connectivity index (χ1v) is 7.47. The standard InChI is InChI=1S/C15H21BrN2O3/c1-9(15(2,3)4)8-17-14(21)18-12-6-10(13(19)20)5-11(16)7-12/h5-7,9H,8H2,1-4H3,(H,19,20)(H2,17,18,21). The van der Waals surface area contributed by atoms with Crippen molar-refractivity contribution in [2.45, 2.75) is 27.7 Å². The van der Waals surface area contributed by atoms with E-state index in [9.17, 15) is 9.59 Å². The van der Waals surface area contributed by atoms with E-state index >= 15 is 0 Å². The number of anilines is 1. The third-order valence-corrected chi connectivity index (χ3v) is 3.91. The first-order chi connectivity index (χ1) is 9.59. The van der Waals surface area contributed by atoms with Gasteiger partial charge in [0.1, 0.15) is 0 Å². The van der Waals surface area contributed by atoms with Crippen LogP contribution in [0.15, 0.2) is 22.7 Å². The van der Waals surface area contributed by atoms with Crippen LogP contribution in [-0.4, -0.2) is 23.7 Å². The molecule has 1 unspecified atom stereocenters. The van der Waals surface area contributed by atoms with E-state index in [1.165, 1.54) is 12.1 Å². The number of aromatic carboxylic acids is 1. The summed E-state index contributed by atoms with van der Waals surface area (Å²) < 4.78 is 0.598. The Labute approximate surface area is 133 Å². The van der Waals surface area contributed by atoms with Crippen molar-refractivity contribution in [1.82, 2.24) is 5.32 Å². The molecule has 21 heavy (non-hydrogen) atoms. The second-order valence-electron chi connectivity index (χ2n) is 6.14. The topological polar surface area (TPSA) is 78.4 Å². The molecule has 0 aliphatic heterocycles. The summed E-state index contributed by atoms with van der Waals surface area (Å²) in [6, 6.07) is 4.20. The number of carboxylic acid groups (broad SMARTS) is 1. The Hall–Kier alpha value is -1.56. The number of rotatable bonds is 4. The van der Waals surface area contributed by atoms with E-state index < -0.39 is 5.97 Å². The van der Waals surface area contributed by atoms with Crippen LogP contribution in [0.2, 0.25) is 0 Å². The molecule has 0 aliphatic rings. The number of hydrogen-bond acceptors (Lipinski definition) is 2. The van der Waals surface area contributed by atoms with Crippen molar-refractivity contribution in [3.05, 3.63) is 28.2 Å². The van der Waals surface area contributed by atoms with Gasteiger partial charge in [-0.1, -0.05) is 43.6 Å². The lowest BCUT2D eigenvalue weighted by atomic mass is 9.82. The summed E-state index contributed by atoms with van der Waals surface area (Å²) in [5.41, 5.74) is 0.657. The van der Waals surface area contributed by atoms with E-state index in [0.29, 0.717) is 22.6 Å². The molecule has 6 heteroatoms. The van der Waals surface area contributed by atoms with Gasteiger partial charge in [0.15, 0.2) is 0 Å². The van der Waals surface area contributed by atoms with Crippen LogP contribution in [0.1, 0.15) is 38.1 Å². The van der Waals surface area contributed by atoms with Gasteiger partial charge in [-0.25, -0.2) is 9.59 Å². The molecule has 3 N–H and O–H groups in total. The summed E-state index contributed by atoms with van der Waals surface area (Å²) in [7, 11) is 0. The Morgan fingerprint density at radius 2 is 1.90 bits per heavy atom. The SMILES string of the molecule is CC(CNC(=O)Nc1cc(Br)cc(C(=O)O)c1)C(C)(C)C. The lowest BCUT2D eigenvalue weighted by Crippen LogP contribution is -2.36. The molecular weight excluding hydrogens is 336 g/mol. The smallest absolute Gasteiger partial charge is 0.335 e. The van der Waals surface area contributed by atoms with E-state index in [1.54, 1.807) is 6.07 Å². The molecule has 0 saturated carbocycles. The highest BCUT2D eigenvalue weighted by Crippen LogP contribution is 2.24. The maximum Gasteiger partial charge on any atom is 0.335 e. The van der Waals surface area contributed by atoms with Gasteiger partial charge in [-0.2, -0.15) is 0 Å². The van der Waals surface area contributed by atoms with Gasteiger partial charge >= 0.3 is 12.0 Å². The first kappa shape index (κ1) is 17.5. The number of benzene rings is 1. The Kier molecular flexibility index (Phi) is 5.78. The third-order valence-electron chi connectivity index (χ3n) is 3.45. The van der Waals surface area contributed by atoms with E-state index in [4.69, 9.17) is 5.11 Å². The van der Waals surface area contributed by atoms with Crippen molar-refractivity contribution in [3.63, 3.8) is 0 Å². The number of carbonyl (C=O) groups excluding carboxylic acids is 1. The van der Waals surface area contributed by atoms with Crippen LogP contribution in [0.5, 0.6) is 0 Å². The van der Waals surface area contributed by atoms with Crippen LogP contribution in [-0.2, 0) is 0 Å². The zero-order chi connectivity index (χ0) is 16.2. The molecule has 1 aromatic rings. The van der Waals surface area contributed by atoms with Crippen LogP contribution < -0.4 is 10.6 Å². The van der Waals surface area contributed by atoms with Gasteiger partial charge in [-0.05, 0) is 29.5 Å². The van der Waals surface area contributed by atoms with Crippen LogP contribution in [0, 0.1) is 11.3 Å². The summed E-state index contributed by atoms with van der Waals surface area (Å²) >= 11 is 3.22. The van der Waals surface area contributed by atoms with Gasteiger partial charge in [0, 0.05) is 16.7 Å². The molecule has 0 bridgehead atoms. The van der Waals surface area contributed by atoms with Gasteiger partial charge in [0.25, 0.3) is 0 Å². The highest BCUT2D eigenvalue weighted by Gasteiger charge is 2.20. The first-order valence-electron chi connectivity index (χ1n) is 6.68. The Morgan fingerprint density at radius 1 is 1.29 bits per heavy atom. The van der Waals surface area contributed by atoms with Crippen LogP contribution in [0.25, 0.3) is 0 Å². The molecule has 116 valence electrons. The van der Waals surface area contributed by atoms with Gasteiger partial charge in [0.2, 0.25) is 0 Å². The monoisotopic (exact) mass is 356 g/mol. The van der Waals surface area contributed by atoms with Crippen molar-refractivity contribution < 1.29 is 14.7 Å².